The predicted octanol–water partition coefficient (Wildman–Crippen LogP) is 3.48. The molecule has 20 heavy (non-hydrogen) atoms. The molecule has 0 fully saturated rings. The Labute approximate surface area is 115 Å². The van der Waals surface area contributed by atoms with E-state index in [0.717, 1.165) is 33.2 Å². The summed E-state index contributed by atoms with van der Waals surface area (Å²) >= 11 is 0. The number of hydrogen-bond donors (Lipinski definition) is 1. The van der Waals surface area contributed by atoms with Crippen molar-refractivity contribution in [2.75, 3.05) is 0 Å². The molecule has 1 N–H and O–H groups in total. The van der Waals surface area contributed by atoms with Crippen LogP contribution >= 0.6 is 0 Å². The topological polar surface area (TPSA) is 54.5 Å². The van der Waals surface area contributed by atoms with Crippen LogP contribution < -0.4 is 0 Å². The van der Waals surface area contributed by atoms with Gasteiger partial charge in [-0.3, -0.25) is 0 Å². The Kier molecular flexibility index (Phi) is 2.29. The summed E-state index contributed by atoms with van der Waals surface area (Å²) in [6, 6.07) is 16.3. The van der Waals surface area contributed by atoms with E-state index in [9.17, 15) is 0 Å². The highest BCUT2D eigenvalue weighted by Gasteiger charge is 2.13. The van der Waals surface area contributed by atoms with E-state index in [1.165, 1.54) is 5.56 Å². The van der Waals surface area contributed by atoms with Crippen LogP contribution in [-0.2, 0) is 0 Å². The first-order chi connectivity index (χ1) is 9.83. The predicted molar refractivity (Wildman–Crippen MR) is 79.4 cm³/mol. The zero-order valence-corrected chi connectivity index (χ0v) is 11.0. The number of para-hydroxylation sites is 1. The smallest absolute Gasteiger partial charge is 0.139 e. The van der Waals surface area contributed by atoms with Crippen LogP contribution in [0, 0.1) is 6.92 Å². The highest BCUT2D eigenvalue weighted by Crippen LogP contribution is 2.29. The van der Waals surface area contributed by atoms with E-state index in [1.807, 2.05) is 24.3 Å². The summed E-state index contributed by atoms with van der Waals surface area (Å²) in [6.45, 7) is 2.07. The van der Waals surface area contributed by atoms with Crippen molar-refractivity contribution in [1.29, 1.82) is 0 Å². The third kappa shape index (κ3) is 1.58. The van der Waals surface area contributed by atoms with Crippen molar-refractivity contribution in [3.8, 4) is 11.3 Å². The lowest BCUT2D eigenvalue weighted by Crippen LogP contribution is -1.89. The molecule has 2 heterocycles. The third-order valence-electron chi connectivity index (χ3n) is 3.49. The Morgan fingerprint density at radius 3 is 2.45 bits per heavy atom. The highest BCUT2D eigenvalue weighted by molar-refractivity contribution is 6.06. The molecule has 0 amide bonds. The molecule has 4 nitrogen and oxygen atoms in total. The molecule has 4 heteroatoms. The fourth-order valence-electron chi connectivity index (χ4n) is 2.44. The second-order valence-electron chi connectivity index (χ2n) is 4.86. The Bertz CT molecular complexity index is 907. The monoisotopic (exact) mass is 260 g/mol. The average molecular weight is 260 g/mol. The van der Waals surface area contributed by atoms with Crippen molar-refractivity contribution >= 4 is 21.9 Å². The number of nitrogens with zero attached hydrogens (tertiary/aromatic N) is 3. The van der Waals surface area contributed by atoms with Crippen LogP contribution in [-0.4, -0.2) is 20.4 Å². The summed E-state index contributed by atoms with van der Waals surface area (Å²) in [4.78, 5) is 4.75. The number of aryl methyl sites for hydroxylation is 1. The minimum atomic E-state index is 0.813. The minimum Gasteiger partial charge on any atom is -0.245 e. The fraction of sp³-hybridized carbons (Fsp3) is 0.0625. The van der Waals surface area contributed by atoms with E-state index in [1.54, 1.807) is 0 Å². The first-order valence-corrected chi connectivity index (χ1v) is 6.49. The summed E-state index contributed by atoms with van der Waals surface area (Å²) < 4.78 is 0. The van der Waals surface area contributed by atoms with E-state index >= 15 is 0 Å². The van der Waals surface area contributed by atoms with Crippen LogP contribution in [0.5, 0.6) is 0 Å². The van der Waals surface area contributed by atoms with Gasteiger partial charge in [-0.15, -0.1) is 0 Å². The first kappa shape index (κ1) is 11.1. The van der Waals surface area contributed by atoms with Crippen LogP contribution in [0.4, 0.5) is 0 Å². The summed E-state index contributed by atoms with van der Waals surface area (Å²) in [5, 5.41) is 12.3. The molecule has 0 saturated heterocycles. The molecule has 4 rings (SSSR count). The van der Waals surface area contributed by atoms with Crippen molar-refractivity contribution in [2.45, 2.75) is 6.92 Å². The van der Waals surface area contributed by atoms with Gasteiger partial charge in [0.05, 0.1) is 5.52 Å². The first-order valence-electron chi connectivity index (χ1n) is 6.49. The van der Waals surface area contributed by atoms with Gasteiger partial charge in [0.15, 0.2) is 0 Å². The number of rotatable bonds is 1. The number of aromatic amines is 1. The number of hydrogen-bond acceptors (Lipinski definition) is 3. The van der Waals surface area contributed by atoms with Gasteiger partial charge >= 0.3 is 0 Å². The maximum Gasteiger partial charge on any atom is 0.139 e. The number of benzene rings is 2. The van der Waals surface area contributed by atoms with E-state index in [4.69, 9.17) is 4.98 Å². The second-order valence-corrected chi connectivity index (χ2v) is 4.86. The fourth-order valence-corrected chi connectivity index (χ4v) is 2.44. The van der Waals surface area contributed by atoms with E-state index in [2.05, 4.69) is 46.6 Å². The van der Waals surface area contributed by atoms with Crippen molar-refractivity contribution in [1.82, 2.24) is 20.4 Å². The Balaban J connectivity index is 2.11. The van der Waals surface area contributed by atoms with Crippen molar-refractivity contribution < 1.29 is 0 Å². The van der Waals surface area contributed by atoms with E-state index in [0.29, 0.717) is 0 Å². The Morgan fingerprint density at radius 2 is 1.60 bits per heavy atom. The summed E-state index contributed by atoms with van der Waals surface area (Å²) in [5.41, 5.74) is 5.77. The lowest BCUT2D eigenvalue weighted by Gasteiger charge is -2.05. The van der Waals surface area contributed by atoms with Crippen LogP contribution in [0.3, 0.4) is 0 Å². The second kappa shape index (κ2) is 4.13. The molecule has 4 aromatic rings. The van der Waals surface area contributed by atoms with Gasteiger partial charge in [-0.1, -0.05) is 48.0 Å². The van der Waals surface area contributed by atoms with Gasteiger partial charge in [-0.05, 0) is 13.0 Å². The Hall–Kier alpha value is -2.75. The van der Waals surface area contributed by atoms with Crippen LogP contribution in [0.2, 0.25) is 0 Å². The summed E-state index contributed by atoms with van der Waals surface area (Å²) in [7, 11) is 0. The normalized spacial score (nSPS) is 11.2. The number of fused-ring (bicyclic) bond motifs is 3. The zero-order chi connectivity index (χ0) is 13.5. The van der Waals surface area contributed by atoms with Gasteiger partial charge in [-0.25, -0.2) is 4.98 Å². The van der Waals surface area contributed by atoms with Gasteiger partial charge in [0.2, 0.25) is 0 Å². The quantitative estimate of drug-likeness (QED) is 0.570. The van der Waals surface area contributed by atoms with E-state index in [-0.39, 0.29) is 0 Å². The number of pyridine rings is 1. The molecule has 2 aromatic heterocycles. The largest absolute Gasteiger partial charge is 0.245 e. The molecular weight excluding hydrogens is 248 g/mol. The molecule has 0 aliphatic carbocycles. The lowest BCUT2D eigenvalue weighted by atomic mass is 10.1. The molecule has 0 spiro atoms. The van der Waals surface area contributed by atoms with Crippen molar-refractivity contribution in [3.63, 3.8) is 0 Å². The van der Waals surface area contributed by atoms with Crippen LogP contribution in [0.25, 0.3) is 33.2 Å². The minimum absolute atomic E-state index is 0.813. The summed E-state index contributed by atoms with van der Waals surface area (Å²) in [5.74, 6) is 0. The molecule has 0 aliphatic heterocycles. The lowest BCUT2D eigenvalue weighted by molar-refractivity contribution is 0.960. The third-order valence-corrected chi connectivity index (χ3v) is 3.49. The van der Waals surface area contributed by atoms with Gasteiger partial charge in [0.1, 0.15) is 16.7 Å². The van der Waals surface area contributed by atoms with Gasteiger partial charge in [0, 0.05) is 10.9 Å². The molecule has 0 radical (unpaired) electrons. The molecule has 0 atom stereocenters. The van der Waals surface area contributed by atoms with Gasteiger partial charge < -0.3 is 0 Å². The highest BCUT2D eigenvalue weighted by atomic mass is 15.3. The van der Waals surface area contributed by atoms with Crippen LogP contribution in [0.15, 0.2) is 48.5 Å². The van der Waals surface area contributed by atoms with Gasteiger partial charge in [0.25, 0.3) is 0 Å². The maximum atomic E-state index is 4.75. The maximum absolute atomic E-state index is 4.75. The summed E-state index contributed by atoms with van der Waals surface area (Å²) in [6.07, 6.45) is 0. The molecule has 96 valence electrons. The SMILES string of the molecule is Cc1ccc(-c2nc3ccccc3c3n[nH]nc23)cc1. The molecule has 0 unspecified atom stereocenters. The number of H-pyrrole nitrogens is 1. The molecule has 0 aliphatic rings. The number of aromatic nitrogens is 4. The van der Waals surface area contributed by atoms with E-state index < -0.39 is 0 Å². The molecule has 0 bridgehead atoms. The zero-order valence-electron chi connectivity index (χ0n) is 11.0. The number of nitrogens with one attached hydrogen (secondary N) is 1. The van der Waals surface area contributed by atoms with Crippen molar-refractivity contribution in [2.24, 2.45) is 0 Å². The molecule has 0 saturated carbocycles. The van der Waals surface area contributed by atoms with Gasteiger partial charge in [-0.2, -0.15) is 15.4 Å². The average Bonchev–Trinajstić information content (AvgIpc) is 2.97. The molecular formula is C16H12N4. The van der Waals surface area contributed by atoms with Crippen molar-refractivity contribution in [3.05, 3.63) is 54.1 Å². The molecule has 2 aromatic carbocycles. The van der Waals surface area contributed by atoms with Crippen LogP contribution in [0.1, 0.15) is 5.56 Å². The Morgan fingerprint density at radius 1 is 0.850 bits per heavy atom. The standard InChI is InChI=1S/C16H12N4/c1-10-6-8-11(9-7-10)14-16-15(18-20-19-16)12-4-2-3-5-13(12)17-14/h2-9H,1H3,(H,18,19,20).